The molecule has 92 valence electrons. The van der Waals surface area contributed by atoms with E-state index in [0.717, 1.165) is 12.8 Å². The molecule has 1 aliphatic rings. The van der Waals surface area contributed by atoms with E-state index in [4.69, 9.17) is 9.47 Å². The molecule has 16 heavy (non-hydrogen) atoms. The lowest BCUT2D eigenvalue weighted by molar-refractivity contribution is -0.166. The third kappa shape index (κ3) is 2.61. The molecule has 1 fully saturated rings. The summed E-state index contributed by atoms with van der Waals surface area (Å²) in [6.07, 6.45) is 2.78. The van der Waals surface area contributed by atoms with Crippen LogP contribution in [0.15, 0.2) is 0 Å². The van der Waals surface area contributed by atoms with Gasteiger partial charge in [0.1, 0.15) is 5.41 Å². The van der Waals surface area contributed by atoms with Crippen molar-refractivity contribution in [1.82, 2.24) is 0 Å². The van der Waals surface area contributed by atoms with Crippen molar-refractivity contribution in [3.8, 4) is 0 Å². The Morgan fingerprint density at radius 1 is 1.31 bits per heavy atom. The van der Waals surface area contributed by atoms with E-state index in [1.807, 2.05) is 6.92 Å². The zero-order chi connectivity index (χ0) is 12.0. The topological polar surface area (TPSA) is 52.6 Å². The van der Waals surface area contributed by atoms with E-state index < -0.39 is 11.4 Å². The molecule has 4 heteroatoms. The van der Waals surface area contributed by atoms with Crippen LogP contribution < -0.4 is 0 Å². The van der Waals surface area contributed by atoms with E-state index in [0.29, 0.717) is 26.1 Å². The second-order valence-electron chi connectivity index (χ2n) is 4.07. The van der Waals surface area contributed by atoms with Crippen molar-refractivity contribution in [1.29, 1.82) is 0 Å². The molecule has 1 aliphatic carbocycles. The first kappa shape index (κ1) is 13.2. The zero-order valence-corrected chi connectivity index (χ0v) is 10.1. The third-order valence-corrected chi connectivity index (χ3v) is 3.01. The molecule has 1 unspecified atom stereocenters. The first-order valence-electron chi connectivity index (χ1n) is 5.95. The number of ether oxygens (including phenoxy) is 2. The lowest BCUT2D eigenvalue weighted by Crippen LogP contribution is -2.46. The molecule has 4 nitrogen and oxygen atoms in total. The summed E-state index contributed by atoms with van der Waals surface area (Å²) in [6, 6.07) is 0. The molecular weight excluding hydrogens is 208 g/mol. The summed E-state index contributed by atoms with van der Waals surface area (Å²) in [5, 5.41) is 0. The highest BCUT2D eigenvalue weighted by atomic mass is 16.5. The van der Waals surface area contributed by atoms with E-state index in [1.165, 1.54) is 0 Å². The minimum Gasteiger partial charge on any atom is -0.465 e. The minimum absolute atomic E-state index is 0.0225. The highest BCUT2D eigenvalue weighted by Crippen LogP contribution is 2.35. The van der Waals surface area contributed by atoms with Gasteiger partial charge in [-0.15, -0.1) is 0 Å². The SMILES string of the molecule is CCOCC1(C(=O)OCC)CCCCC1=O. The third-order valence-electron chi connectivity index (χ3n) is 3.01. The number of hydrogen-bond acceptors (Lipinski definition) is 4. The van der Waals surface area contributed by atoms with Gasteiger partial charge < -0.3 is 9.47 Å². The van der Waals surface area contributed by atoms with Gasteiger partial charge in [-0.25, -0.2) is 0 Å². The molecule has 0 heterocycles. The number of Topliss-reactive ketones (excluding diaryl/α,β-unsaturated/α-hetero) is 1. The van der Waals surface area contributed by atoms with Gasteiger partial charge in [-0.3, -0.25) is 9.59 Å². The second-order valence-corrected chi connectivity index (χ2v) is 4.07. The molecule has 0 saturated heterocycles. The highest BCUT2D eigenvalue weighted by Gasteiger charge is 2.48. The maximum absolute atomic E-state index is 12.0. The summed E-state index contributed by atoms with van der Waals surface area (Å²) in [6.45, 7) is 4.58. The van der Waals surface area contributed by atoms with Crippen LogP contribution in [0.25, 0.3) is 0 Å². The second kappa shape index (κ2) is 5.99. The van der Waals surface area contributed by atoms with Gasteiger partial charge >= 0.3 is 5.97 Å². The maximum Gasteiger partial charge on any atom is 0.322 e. The average Bonchev–Trinajstić information content (AvgIpc) is 2.28. The smallest absolute Gasteiger partial charge is 0.322 e. The Morgan fingerprint density at radius 2 is 2.06 bits per heavy atom. The van der Waals surface area contributed by atoms with Crippen molar-refractivity contribution in [2.24, 2.45) is 5.41 Å². The predicted octanol–water partition coefficient (Wildman–Crippen LogP) is 1.72. The van der Waals surface area contributed by atoms with Gasteiger partial charge in [0.15, 0.2) is 5.78 Å². The fourth-order valence-electron chi connectivity index (χ4n) is 2.06. The molecule has 0 aliphatic heterocycles. The molecule has 1 saturated carbocycles. The number of carbonyl (C=O) groups is 2. The fraction of sp³-hybridized carbons (Fsp3) is 0.833. The maximum atomic E-state index is 12.0. The summed E-state index contributed by atoms with van der Waals surface area (Å²) < 4.78 is 10.3. The highest BCUT2D eigenvalue weighted by molar-refractivity contribution is 6.04. The Balaban J connectivity index is 2.81. The fourth-order valence-corrected chi connectivity index (χ4v) is 2.06. The molecule has 1 atom stereocenters. The molecule has 0 aromatic heterocycles. The van der Waals surface area contributed by atoms with Gasteiger partial charge in [-0.05, 0) is 26.7 Å². The van der Waals surface area contributed by atoms with Gasteiger partial charge in [0.25, 0.3) is 0 Å². The molecular formula is C12H20O4. The number of esters is 1. The van der Waals surface area contributed by atoms with Gasteiger partial charge in [0, 0.05) is 13.0 Å². The first-order valence-corrected chi connectivity index (χ1v) is 5.95. The van der Waals surface area contributed by atoms with Crippen LogP contribution in [-0.2, 0) is 19.1 Å². The van der Waals surface area contributed by atoms with Gasteiger partial charge in [-0.2, -0.15) is 0 Å². The Kier molecular flexibility index (Phi) is 4.93. The van der Waals surface area contributed by atoms with Gasteiger partial charge in [0.2, 0.25) is 0 Å². The predicted molar refractivity (Wildman–Crippen MR) is 59.0 cm³/mol. The molecule has 0 aromatic rings. The van der Waals surface area contributed by atoms with E-state index in [-0.39, 0.29) is 12.4 Å². The van der Waals surface area contributed by atoms with Crippen LogP contribution in [0.3, 0.4) is 0 Å². The first-order chi connectivity index (χ1) is 7.67. The molecule has 0 aromatic carbocycles. The van der Waals surface area contributed by atoms with Gasteiger partial charge in [-0.1, -0.05) is 6.42 Å². The van der Waals surface area contributed by atoms with E-state index in [9.17, 15) is 9.59 Å². The number of rotatable bonds is 5. The van der Waals surface area contributed by atoms with Crippen molar-refractivity contribution in [3.05, 3.63) is 0 Å². The summed E-state index contributed by atoms with van der Waals surface area (Å²) in [5.41, 5.74) is -1.02. The number of hydrogen-bond donors (Lipinski definition) is 0. The van der Waals surface area contributed by atoms with Crippen LogP contribution in [0.1, 0.15) is 39.5 Å². The monoisotopic (exact) mass is 228 g/mol. The Morgan fingerprint density at radius 3 is 2.62 bits per heavy atom. The van der Waals surface area contributed by atoms with Gasteiger partial charge in [0.05, 0.1) is 13.2 Å². The summed E-state index contributed by atoms with van der Waals surface area (Å²) in [4.78, 5) is 23.9. The molecule has 0 bridgehead atoms. The standard InChI is InChI=1S/C12H20O4/c1-3-15-9-12(11(14)16-4-2)8-6-5-7-10(12)13/h3-9H2,1-2H3. The average molecular weight is 228 g/mol. The zero-order valence-electron chi connectivity index (χ0n) is 10.1. The van der Waals surface area contributed by atoms with Crippen LogP contribution >= 0.6 is 0 Å². The van der Waals surface area contributed by atoms with Crippen LogP contribution in [0.4, 0.5) is 0 Å². The van der Waals surface area contributed by atoms with Crippen LogP contribution in [-0.4, -0.2) is 31.6 Å². The van der Waals surface area contributed by atoms with Crippen molar-refractivity contribution in [2.75, 3.05) is 19.8 Å². The van der Waals surface area contributed by atoms with Crippen molar-refractivity contribution in [3.63, 3.8) is 0 Å². The Bertz CT molecular complexity index is 262. The molecule has 0 N–H and O–H groups in total. The summed E-state index contributed by atoms with van der Waals surface area (Å²) >= 11 is 0. The molecule has 1 rings (SSSR count). The number of ketones is 1. The largest absolute Gasteiger partial charge is 0.465 e. The molecule has 0 amide bonds. The Hall–Kier alpha value is -0.900. The lowest BCUT2D eigenvalue weighted by atomic mass is 9.73. The van der Waals surface area contributed by atoms with E-state index >= 15 is 0 Å². The van der Waals surface area contributed by atoms with Crippen molar-refractivity contribution < 1.29 is 19.1 Å². The van der Waals surface area contributed by atoms with Crippen LogP contribution in [0, 0.1) is 5.41 Å². The van der Waals surface area contributed by atoms with Crippen LogP contribution in [0.5, 0.6) is 0 Å². The number of carbonyl (C=O) groups excluding carboxylic acids is 2. The summed E-state index contributed by atoms with van der Waals surface area (Å²) in [5.74, 6) is -0.432. The van der Waals surface area contributed by atoms with Crippen LogP contribution in [0.2, 0.25) is 0 Å². The molecule has 0 radical (unpaired) electrons. The Labute approximate surface area is 96.3 Å². The quantitative estimate of drug-likeness (QED) is 0.531. The molecule has 0 spiro atoms. The lowest BCUT2D eigenvalue weighted by Gasteiger charge is -2.32. The minimum atomic E-state index is -1.02. The normalized spacial score (nSPS) is 25.5. The summed E-state index contributed by atoms with van der Waals surface area (Å²) in [7, 11) is 0. The van der Waals surface area contributed by atoms with E-state index in [2.05, 4.69) is 0 Å². The van der Waals surface area contributed by atoms with E-state index in [1.54, 1.807) is 6.92 Å². The van der Waals surface area contributed by atoms with Crippen molar-refractivity contribution in [2.45, 2.75) is 39.5 Å². The van der Waals surface area contributed by atoms with Crippen molar-refractivity contribution >= 4 is 11.8 Å².